The van der Waals surface area contributed by atoms with E-state index in [2.05, 4.69) is 41.4 Å². The Bertz CT molecular complexity index is 364. The number of benzene rings is 1. The molecule has 0 aliphatic carbocycles. The lowest BCUT2D eigenvalue weighted by atomic mass is 10.1. The molecule has 1 aromatic carbocycles. The summed E-state index contributed by atoms with van der Waals surface area (Å²) < 4.78 is 5.46. The van der Waals surface area contributed by atoms with Crippen LogP contribution in [0.25, 0.3) is 0 Å². The average molecular weight is 262 g/mol. The zero-order valence-corrected chi connectivity index (χ0v) is 12.2. The first-order chi connectivity index (χ1) is 9.28. The third-order valence-corrected chi connectivity index (χ3v) is 3.63. The third-order valence-electron chi connectivity index (χ3n) is 3.63. The van der Waals surface area contributed by atoms with Crippen LogP contribution < -0.4 is 10.1 Å². The number of hydrogen-bond donors (Lipinski definition) is 1. The lowest BCUT2D eigenvalue weighted by Gasteiger charge is -2.31. The van der Waals surface area contributed by atoms with E-state index in [0.29, 0.717) is 6.04 Å². The summed E-state index contributed by atoms with van der Waals surface area (Å²) >= 11 is 0. The van der Waals surface area contributed by atoms with Gasteiger partial charge in [0.05, 0.1) is 6.61 Å². The highest BCUT2D eigenvalue weighted by Gasteiger charge is 2.14. The summed E-state index contributed by atoms with van der Waals surface area (Å²) in [5.74, 6) is 0.974. The van der Waals surface area contributed by atoms with E-state index in [1.807, 2.05) is 6.92 Å². The number of ether oxygens (including phenoxy) is 1. The lowest BCUT2D eigenvalue weighted by Crippen LogP contribution is -2.49. The molecule has 0 amide bonds. The van der Waals surface area contributed by atoms with Gasteiger partial charge in [0.15, 0.2) is 0 Å². The van der Waals surface area contributed by atoms with Crippen LogP contribution in [0.3, 0.4) is 0 Å². The first kappa shape index (κ1) is 14.4. The fourth-order valence-electron chi connectivity index (χ4n) is 2.64. The molecule has 106 valence electrons. The molecule has 2 rings (SSSR count). The fourth-order valence-corrected chi connectivity index (χ4v) is 2.64. The van der Waals surface area contributed by atoms with Crippen molar-refractivity contribution in [1.29, 1.82) is 0 Å². The number of hydrogen-bond acceptors (Lipinski definition) is 3. The second-order valence-electron chi connectivity index (χ2n) is 5.34. The molecule has 1 saturated heterocycles. The summed E-state index contributed by atoms with van der Waals surface area (Å²) in [4.78, 5) is 2.57. The number of piperazine rings is 1. The number of nitrogens with zero attached hydrogens (tertiary/aromatic N) is 1. The van der Waals surface area contributed by atoms with Crippen molar-refractivity contribution in [3.05, 3.63) is 29.8 Å². The Morgan fingerprint density at radius 2 is 2.11 bits per heavy atom. The molecule has 1 unspecified atom stereocenters. The first-order valence-electron chi connectivity index (χ1n) is 7.45. The zero-order valence-electron chi connectivity index (χ0n) is 12.2. The maximum Gasteiger partial charge on any atom is 0.119 e. The molecule has 1 fully saturated rings. The molecule has 3 nitrogen and oxygen atoms in total. The zero-order chi connectivity index (χ0) is 13.5. The monoisotopic (exact) mass is 262 g/mol. The number of aryl methyl sites for hydroxylation is 1. The first-order valence-corrected chi connectivity index (χ1v) is 7.45. The molecule has 0 radical (unpaired) electrons. The predicted octanol–water partition coefficient (Wildman–Crippen LogP) is 2.31. The van der Waals surface area contributed by atoms with E-state index in [-0.39, 0.29) is 0 Å². The van der Waals surface area contributed by atoms with Crippen LogP contribution >= 0.6 is 0 Å². The minimum absolute atomic E-state index is 0.638. The minimum Gasteiger partial charge on any atom is -0.494 e. The number of nitrogens with one attached hydrogen (secondary N) is 1. The fraction of sp³-hybridized carbons (Fsp3) is 0.625. The van der Waals surface area contributed by atoms with Gasteiger partial charge in [0.25, 0.3) is 0 Å². The van der Waals surface area contributed by atoms with E-state index in [0.717, 1.165) is 25.3 Å². The van der Waals surface area contributed by atoms with Gasteiger partial charge in [0.1, 0.15) is 5.75 Å². The molecule has 19 heavy (non-hydrogen) atoms. The van der Waals surface area contributed by atoms with Gasteiger partial charge in [0.2, 0.25) is 0 Å². The van der Waals surface area contributed by atoms with Crippen molar-refractivity contribution in [2.75, 3.05) is 32.8 Å². The number of rotatable bonds is 6. The van der Waals surface area contributed by atoms with Crippen LogP contribution in [-0.4, -0.2) is 43.7 Å². The maximum absolute atomic E-state index is 5.46. The standard InChI is InChI=1S/C16H26N2O/c1-3-19-16-8-6-15(7-9-16)5-4-11-18-12-10-17-14(2)13-18/h6-9,14,17H,3-5,10-13H2,1-2H3. The van der Waals surface area contributed by atoms with Gasteiger partial charge in [-0.15, -0.1) is 0 Å². The Hall–Kier alpha value is -1.06. The van der Waals surface area contributed by atoms with Gasteiger partial charge in [-0.3, -0.25) is 0 Å². The van der Waals surface area contributed by atoms with E-state index < -0.39 is 0 Å². The molecule has 1 N–H and O–H groups in total. The Balaban J connectivity index is 1.70. The third kappa shape index (κ3) is 4.84. The van der Waals surface area contributed by atoms with Gasteiger partial charge in [-0.05, 0) is 50.9 Å². The summed E-state index contributed by atoms with van der Waals surface area (Å²) in [6.45, 7) is 9.72. The molecular weight excluding hydrogens is 236 g/mol. The lowest BCUT2D eigenvalue weighted by molar-refractivity contribution is 0.205. The van der Waals surface area contributed by atoms with Gasteiger partial charge in [-0.2, -0.15) is 0 Å². The van der Waals surface area contributed by atoms with Crippen LogP contribution in [-0.2, 0) is 6.42 Å². The van der Waals surface area contributed by atoms with Crippen LogP contribution in [0.4, 0.5) is 0 Å². The second-order valence-corrected chi connectivity index (χ2v) is 5.34. The summed E-state index contributed by atoms with van der Waals surface area (Å²) in [6, 6.07) is 9.16. The highest BCUT2D eigenvalue weighted by molar-refractivity contribution is 5.27. The van der Waals surface area contributed by atoms with E-state index in [9.17, 15) is 0 Å². The Labute approximate surface area is 116 Å². The van der Waals surface area contributed by atoms with Crippen molar-refractivity contribution in [3.63, 3.8) is 0 Å². The van der Waals surface area contributed by atoms with Crippen molar-refractivity contribution in [2.45, 2.75) is 32.7 Å². The summed E-state index contributed by atoms with van der Waals surface area (Å²) in [7, 11) is 0. The highest BCUT2D eigenvalue weighted by Crippen LogP contribution is 2.13. The van der Waals surface area contributed by atoms with Crippen molar-refractivity contribution in [2.24, 2.45) is 0 Å². The van der Waals surface area contributed by atoms with E-state index in [4.69, 9.17) is 4.74 Å². The van der Waals surface area contributed by atoms with Gasteiger partial charge in [-0.25, -0.2) is 0 Å². The molecule has 0 spiro atoms. The van der Waals surface area contributed by atoms with Crippen LogP contribution in [0.1, 0.15) is 25.8 Å². The SMILES string of the molecule is CCOc1ccc(CCCN2CCNC(C)C2)cc1. The van der Waals surface area contributed by atoms with Crippen LogP contribution in [0, 0.1) is 0 Å². The minimum atomic E-state index is 0.638. The Kier molecular flexibility index (Phi) is 5.67. The Morgan fingerprint density at radius 1 is 1.32 bits per heavy atom. The summed E-state index contributed by atoms with van der Waals surface area (Å²) in [6.07, 6.45) is 2.39. The van der Waals surface area contributed by atoms with Gasteiger partial charge in [-0.1, -0.05) is 12.1 Å². The van der Waals surface area contributed by atoms with Crippen molar-refractivity contribution in [3.8, 4) is 5.75 Å². The van der Waals surface area contributed by atoms with Crippen molar-refractivity contribution < 1.29 is 4.74 Å². The van der Waals surface area contributed by atoms with Gasteiger partial charge in [0, 0.05) is 25.7 Å². The smallest absolute Gasteiger partial charge is 0.119 e. The normalized spacial score (nSPS) is 20.4. The average Bonchev–Trinajstić information content (AvgIpc) is 2.41. The summed E-state index contributed by atoms with van der Waals surface area (Å²) in [5.41, 5.74) is 1.41. The largest absolute Gasteiger partial charge is 0.494 e. The maximum atomic E-state index is 5.46. The molecule has 1 aliphatic heterocycles. The van der Waals surface area contributed by atoms with Crippen LogP contribution in [0.5, 0.6) is 5.75 Å². The molecular formula is C16H26N2O. The molecule has 0 saturated carbocycles. The second kappa shape index (κ2) is 7.51. The van der Waals surface area contributed by atoms with Crippen molar-refractivity contribution >= 4 is 0 Å². The van der Waals surface area contributed by atoms with Gasteiger partial charge >= 0.3 is 0 Å². The van der Waals surface area contributed by atoms with Crippen molar-refractivity contribution in [1.82, 2.24) is 10.2 Å². The van der Waals surface area contributed by atoms with Gasteiger partial charge < -0.3 is 15.0 Å². The topological polar surface area (TPSA) is 24.5 Å². The Morgan fingerprint density at radius 3 is 2.79 bits per heavy atom. The summed E-state index contributed by atoms with van der Waals surface area (Å²) in [5, 5.41) is 3.48. The molecule has 1 heterocycles. The van der Waals surface area contributed by atoms with E-state index >= 15 is 0 Å². The molecule has 0 aromatic heterocycles. The predicted molar refractivity (Wildman–Crippen MR) is 79.8 cm³/mol. The van der Waals surface area contributed by atoms with Crippen LogP contribution in [0.2, 0.25) is 0 Å². The molecule has 1 aliphatic rings. The van der Waals surface area contributed by atoms with E-state index in [1.165, 1.54) is 31.6 Å². The van der Waals surface area contributed by atoms with Crippen LogP contribution in [0.15, 0.2) is 24.3 Å². The molecule has 1 aromatic rings. The van der Waals surface area contributed by atoms with E-state index in [1.54, 1.807) is 0 Å². The molecule has 0 bridgehead atoms. The highest BCUT2D eigenvalue weighted by atomic mass is 16.5. The molecule has 3 heteroatoms. The molecule has 1 atom stereocenters. The quantitative estimate of drug-likeness (QED) is 0.851.